The minimum absolute atomic E-state index is 0. The molecule has 0 saturated heterocycles. The van der Waals surface area contributed by atoms with E-state index in [-0.39, 0.29) is 72.8 Å². The van der Waals surface area contributed by atoms with Crippen molar-refractivity contribution in [1.82, 2.24) is 15.0 Å². The molecule has 1 radical (unpaired) electrons. The van der Waals surface area contributed by atoms with Crippen LogP contribution in [0.3, 0.4) is 0 Å². The van der Waals surface area contributed by atoms with E-state index < -0.39 is 0 Å². The van der Waals surface area contributed by atoms with Gasteiger partial charge in [-0.3, -0.25) is 0 Å². The van der Waals surface area contributed by atoms with Crippen molar-refractivity contribution in [2.24, 2.45) is 4.90 Å². The molecule has 4 nitrogen and oxygen atoms in total. The number of hydrogen-bond acceptors (Lipinski definition) is 4. The first-order valence-electron chi connectivity index (χ1n) is 1.82. The van der Waals surface area contributed by atoms with Crippen LogP contribution in [-0.2, 0) is 0 Å². The van der Waals surface area contributed by atoms with Gasteiger partial charge in [-0.25, -0.2) is 0 Å². The molecule has 1 aromatic heterocycles. The molecule has 0 aliphatic carbocycles. The van der Waals surface area contributed by atoms with Crippen molar-refractivity contribution in [3.63, 3.8) is 0 Å². The van der Waals surface area contributed by atoms with Crippen LogP contribution in [0.15, 0.2) is 4.90 Å². The fourth-order valence-corrected chi connectivity index (χ4v) is 0.245. The van der Waals surface area contributed by atoms with Crippen LogP contribution in [0, 0.1) is 50.0 Å². The van der Waals surface area contributed by atoms with Crippen molar-refractivity contribution >= 4 is 13.6 Å². The Balaban J connectivity index is 0. The summed E-state index contributed by atoms with van der Waals surface area (Å²) in [4.78, 5) is 13.3. The van der Waals surface area contributed by atoms with E-state index >= 15 is 0 Å². The molecule has 10 heavy (non-hydrogen) atoms. The molecule has 1 aromatic rings. The summed E-state index contributed by atoms with van der Waals surface area (Å²) in [7, 11) is 4.78. The van der Waals surface area contributed by atoms with E-state index in [2.05, 4.69) is 32.5 Å². The average molecular weight is 293 g/mol. The Bertz CT molecular complexity index is 183. The van der Waals surface area contributed by atoms with Gasteiger partial charge in [0.1, 0.15) is 0 Å². The molecule has 1 rings (SSSR count). The molecule has 0 aromatic carbocycles. The van der Waals surface area contributed by atoms with Crippen LogP contribution in [0.25, 0.3) is 0 Å². The van der Waals surface area contributed by atoms with E-state index in [4.69, 9.17) is 7.64 Å². The second-order valence-corrected chi connectivity index (χ2v) is 0.965. The molecule has 0 saturated carbocycles. The zero-order valence-electron chi connectivity index (χ0n) is 5.15. The predicted molar refractivity (Wildman–Crippen MR) is 25.3 cm³/mol. The van der Waals surface area contributed by atoms with E-state index in [1.165, 1.54) is 0 Å². The molecule has 1 heterocycles. The maximum absolute atomic E-state index is 4.78. The SMILES string of the molecule is [B]=Nc1n[c-]n[c-]n1.[Er].[Na+]. The Kier molecular flexibility index (Phi) is 11.3. The maximum atomic E-state index is 4.78. The standard InChI is InChI=1S/C3BN4.Er.Na/c4-8-3-6-1-5-2-7-3;;/q-2;;+1. The fraction of sp³-hybridized carbons (Fsp3) is 0. The molecule has 0 fully saturated rings. The van der Waals surface area contributed by atoms with Gasteiger partial charge in [0.15, 0.2) is 0 Å². The largest absolute Gasteiger partial charge is 1.00 e. The van der Waals surface area contributed by atoms with Gasteiger partial charge in [-0.1, -0.05) is 0 Å². The minimum Gasteiger partial charge on any atom is 0 e. The van der Waals surface area contributed by atoms with Gasteiger partial charge in [0.25, 0.3) is 0 Å². The molecule has 0 aliphatic heterocycles. The maximum Gasteiger partial charge on any atom is 1.00 e. The summed E-state index contributed by atoms with van der Waals surface area (Å²) in [5.74, 6) is 0.139. The van der Waals surface area contributed by atoms with Gasteiger partial charge in [-0.15, -0.1) is 0 Å². The van der Waals surface area contributed by atoms with Gasteiger partial charge in [-0.05, 0) is 0 Å². The van der Waals surface area contributed by atoms with Crippen molar-refractivity contribution in [2.75, 3.05) is 0 Å². The van der Waals surface area contributed by atoms with Crippen molar-refractivity contribution in [1.29, 1.82) is 0 Å². The summed E-state index contributed by atoms with van der Waals surface area (Å²) < 4.78 is 0. The van der Waals surface area contributed by atoms with Gasteiger partial charge in [0.05, 0.1) is 0 Å². The second kappa shape index (κ2) is 8.22. The van der Waals surface area contributed by atoms with E-state index in [1.807, 2.05) is 0 Å². The molecule has 0 unspecified atom stereocenters. The Morgan fingerprint density at radius 2 is 1.80 bits per heavy atom. The number of nitrogens with zero attached hydrogens (tertiary/aromatic N) is 4. The molecule has 7 heteroatoms. The van der Waals surface area contributed by atoms with E-state index in [1.54, 1.807) is 0 Å². The zero-order chi connectivity index (χ0) is 5.82. The van der Waals surface area contributed by atoms with Gasteiger partial charge in [0.2, 0.25) is 0 Å². The molecular formula is C3BErN4Na-. The molecular weight excluding hydrogens is 293 g/mol. The number of rotatable bonds is 1. The fourth-order valence-electron chi connectivity index (χ4n) is 0.245. The molecule has 0 atom stereocenters. The molecule has 0 bridgehead atoms. The van der Waals surface area contributed by atoms with Gasteiger partial charge < -0.3 is 0 Å². The van der Waals surface area contributed by atoms with Gasteiger partial charge in [0, 0.05) is 37.3 Å². The third kappa shape index (κ3) is 4.86. The monoisotopic (exact) mass is 292 g/mol. The third-order valence-corrected chi connectivity index (χ3v) is 0.515. The summed E-state index contributed by atoms with van der Waals surface area (Å²) in [5.41, 5.74) is 0. The van der Waals surface area contributed by atoms with Crippen molar-refractivity contribution in [3.05, 3.63) is 12.7 Å². The first-order valence-corrected chi connectivity index (χ1v) is 1.82. The van der Waals surface area contributed by atoms with Crippen LogP contribution in [-0.4, -0.2) is 22.6 Å². The smallest absolute Gasteiger partial charge is 0 e. The first-order chi connectivity index (χ1) is 3.93. The average Bonchev–Trinajstić information content (AvgIpc) is 1.90. The number of hydrogen-bond donors (Lipinski definition) is 0. The summed E-state index contributed by atoms with van der Waals surface area (Å²) in [6.45, 7) is 0. The van der Waals surface area contributed by atoms with Crippen molar-refractivity contribution in [3.8, 4) is 0 Å². The Hall–Kier alpha value is 1.12. The zero-order valence-corrected chi connectivity index (χ0v) is 9.01. The molecule has 0 N–H and O–H groups in total. The van der Waals surface area contributed by atoms with E-state index in [0.717, 1.165) is 0 Å². The van der Waals surface area contributed by atoms with Crippen LogP contribution in [0.2, 0.25) is 0 Å². The molecule has 49 valence electrons. The second-order valence-electron chi connectivity index (χ2n) is 0.965. The van der Waals surface area contributed by atoms with Crippen molar-refractivity contribution < 1.29 is 66.9 Å². The summed E-state index contributed by atoms with van der Waals surface area (Å²) in [6.07, 6.45) is 4.44. The van der Waals surface area contributed by atoms with Crippen LogP contribution < -0.4 is 29.6 Å². The quantitative estimate of drug-likeness (QED) is 0.398. The first kappa shape index (κ1) is 13.7. The summed E-state index contributed by atoms with van der Waals surface area (Å²) in [5, 5.41) is 0. The Morgan fingerprint density at radius 3 is 2.10 bits per heavy atom. The van der Waals surface area contributed by atoms with Crippen LogP contribution in [0.5, 0.6) is 0 Å². The summed E-state index contributed by atoms with van der Waals surface area (Å²) in [6, 6.07) is 0. The van der Waals surface area contributed by atoms with Gasteiger partial charge >= 0.3 is 75.6 Å². The molecule has 0 aliphatic rings. The molecule has 0 amide bonds. The number of aromatic nitrogens is 3. The van der Waals surface area contributed by atoms with E-state index in [9.17, 15) is 0 Å². The topological polar surface area (TPSA) is 51.0 Å². The molecule has 0 spiro atoms. The Labute approximate surface area is 111 Å². The van der Waals surface area contributed by atoms with Gasteiger partial charge in [-0.2, -0.15) is 0 Å². The van der Waals surface area contributed by atoms with Crippen LogP contribution in [0.4, 0.5) is 5.95 Å². The van der Waals surface area contributed by atoms with Crippen molar-refractivity contribution in [2.45, 2.75) is 0 Å². The normalized spacial score (nSPS) is 6.70. The third-order valence-electron chi connectivity index (χ3n) is 0.515. The van der Waals surface area contributed by atoms with E-state index in [0.29, 0.717) is 0 Å². The summed E-state index contributed by atoms with van der Waals surface area (Å²) >= 11 is 0. The van der Waals surface area contributed by atoms with Crippen LogP contribution in [0.1, 0.15) is 0 Å². The Morgan fingerprint density at radius 1 is 1.30 bits per heavy atom. The predicted octanol–water partition coefficient (Wildman–Crippen LogP) is -3.54. The minimum atomic E-state index is 0. The van der Waals surface area contributed by atoms with Crippen LogP contribution >= 0.6 is 0 Å².